The van der Waals surface area contributed by atoms with Gasteiger partial charge in [-0.25, -0.2) is 20.4 Å². The number of aliphatic hydroxyl groups excluding tert-OH is 1. The molecule has 3 aromatic rings. The Bertz CT molecular complexity index is 1810. The zero-order valence-corrected chi connectivity index (χ0v) is 36.8. The third-order valence-corrected chi connectivity index (χ3v) is 10.8. The molecule has 10 N–H and O–H groups in total. The normalized spacial score (nSPS) is 13.0. The number of carbonyl (C=O) groups is 3. The lowest BCUT2D eigenvalue weighted by Gasteiger charge is -2.18. The number of nitrogens with two attached hydrogens (primary N) is 2. The number of hydrogen-bond donors (Lipinski definition) is 8. The Kier molecular flexibility index (Phi) is 28.1. The first-order chi connectivity index (χ1) is 30.0. The average molecular weight is 890 g/mol. The molecule has 0 bridgehead atoms. The number of rotatable bonds is 30. The first kappa shape index (κ1) is 53.2. The van der Waals surface area contributed by atoms with Gasteiger partial charge in [-0.05, 0) is 49.8 Å². The monoisotopic (exact) mass is 889 g/mol. The fourth-order valence-corrected chi connectivity index (χ4v) is 7.33. The molecule has 21 heteroatoms. The number of unbranched alkanes of at least 4 members (excludes halogenated alkanes) is 2. The number of fused-ring (bicyclic) bond motifs is 1. The molecule has 1 aromatic carbocycles. The minimum Gasteiger partial charge on any atom is -0.480 e. The van der Waals surface area contributed by atoms with E-state index in [0.717, 1.165) is 29.7 Å². The van der Waals surface area contributed by atoms with E-state index in [9.17, 15) is 24.7 Å². The third-order valence-electron chi connectivity index (χ3n) is 8.60. The van der Waals surface area contributed by atoms with Gasteiger partial charge in [0, 0.05) is 62.5 Å². The highest BCUT2D eigenvalue weighted by Gasteiger charge is 2.28. The summed E-state index contributed by atoms with van der Waals surface area (Å²) >= 11 is 0. The van der Waals surface area contributed by atoms with E-state index in [1.807, 2.05) is 0 Å². The number of nitrogens with one attached hydrogen (secondary N) is 3. The third kappa shape index (κ3) is 22.8. The van der Waals surface area contributed by atoms with Crippen molar-refractivity contribution in [3.63, 3.8) is 0 Å². The summed E-state index contributed by atoms with van der Waals surface area (Å²) in [5, 5.41) is 38.2. The number of nitrogens with zero attached hydrogens (tertiary/aromatic N) is 5. The van der Waals surface area contributed by atoms with E-state index in [1.165, 1.54) is 18.9 Å². The van der Waals surface area contributed by atoms with E-state index in [-0.39, 0.29) is 28.8 Å². The van der Waals surface area contributed by atoms with Crippen LogP contribution in [-0.4, -0.2) is 161 Å². The van der Waals surface area contributed by atoms with Crippen molar-refractivity contribution in [1.82, 2.24) is 30.4 Å². The van der Waals surface area contributed by atoms with Crippen LogP contribution in [0.2, 0.25) is 0 Å². The fraction of sp³-hybridized carbons (Fsp3) is 0.585. The van der Waals surface area contributed by atoms with Crippen molar-refractivity contribution in [2.45, 2.75) is 70.6 Å². The van der Waals surface area contributed by atoms with E-state index in [0.29, 0.717) is 118 Å². The van der Waals surface area contributed by atoms with Crippen molar-refractivity contribution in [1.29, 1.82) is 0 Å². The molecule has 2 aromatic heterocycles. The number of aliphatic hydroxyl groups is 1. The molecule has 20 nitrogen and oxygen atoms in total. The summed E-state index contributed by atoms with van der Waals surface area (Å²) in [7, 11) is 1.27. The number of aliphatic carboxylic acids is 1. The predicted octanol–water partition coefficient (Wildman–Crippen LogP) is 1.14. The molecule has 0 spiro atoms. The number of hydrogen-bond acceptors (Lipinski definition) is 16. The number of carboxylic acids is 1. The molecular weight excluding hydrogens is 825 g/mol. The molecule has 0 aliphatic carbocycles. The average Bonchev–Trinajstić information content (AvgIpc) is 3.65. The van der Waals surface area contributed by atoms with E-state index in [2.05, 4.69) is 54.9 Å². The molecule has 0 saturated heterocycles. The van der Waals surface area contributed by atoms with E-state index < -0.39 is 18.1 Å². The fourth-order valence-electron chi connectivity index (χ4n) is 5.12. The molecule has 62 heavy (non-hydrogen) atoms. The summed E-state index contributed by atoms with van der Waals surface area (Å²) in [4.78, 5) is 47.5. The minimum atomic E-state index is -1.03. The van der Waals surface area contributed by atoms with Crippen molar-refractivity contribution in [3.8, 4) is 11.8 Å². The van der Waals surface area contributed by atoms with Gasteiger partial charge in [-0.15, -0.1) is 0 Å². The number of aromatic nitrogens is 4. The molecule has 0 radical (unpaired) electrons. The highest BCUT2D eigenvalue weighted by atomic mass is 32.2. The number of benzene rings is 1. The Labute approximate surface area is 366 Å². The Hall–Kier alpha value is -4.92. The van der Waals surface area contributed by atoms with Crippen LogP contribution in [0.15, 0.2) is 42.0 Å². The standard InChI is InChI=1S/C33H53N5O9S.C8H11N5O/c1-26(39)30(44-2)25-48(23-13-29(35)33(42)43)22-7-5-3-4-6-8-31(40)38-37-24-27-9-11-28(12-10-27)32(41)36-15-17-46-19-21-47-20-18-45-16-14-34;1-2-3-9-7-6-8(11-4-10-7)13(14)5-12-6/h9-12,24,26,29-30,39H,3-4,6,8,13-23,25,34-35H2,1-2H3,(H2-,36,38,40,41,42,43);4-5,14H,2-3H2,1H3,(H,9,10,11)/p+1/t26-,29?,30?,48?;/m1./s1. The van der Waals surface area contributed by atoms with Gasteiger partial charge in [-0.2, -0.15) is 9.83 Å². The Morgan fingerprint density at radius 1 is 1.00 bits per heavy atom. The van der Waals surface area contributed by atoms with Gasteiger partial charge in [-0.1, -0.05) is 25.0 Å². The SMILES string of the molecule is CCCNc1ncnc2c1ncn2O.COC(C[S+](CC#CCCCCC(=O)N/N=C\c1ccc(C(=O)NCCOCCOCCOCCN)cc1)CCC(N)C(=O)O)[C@@H](C)O. The number of amides is 2. The first-order valence-electron chi connectivity index (χ1n) is 20.5. The molecule has 4 atom stereocenters. The predicted molar refractivity (Wildman–Crippen MR) is 238 cm³/mol. The molecule has 0 saturated carbocycles. The van der Waals surface area contributed by atoms with E-state index in [1.54, 1.807) is 38.3 Å². The second-order valence-electron chi connectivity index (χ2n) is 13.6. The number of carbonyl (C=O) groups excluding carboxylic acids is 2. The summed E-state index contributed by atoms with van der Waals surface area (Å²) in [5.41, 5.74) is 15.7. The smallest absolute Gasteiger partial charge is 0.320 e. The van der Waals surface area contributed by atoms with Crippen LogP contribution in [0, 0.1) is 11.8 Å². The van der Waals surface area contributed by atoms with Gasteiger partial charge in [0.15, 0.2) is 17.1 Å². The van der Waals surface area contributed by atoms with Gasteiger partial charge in [0.2, 0.25) is 11.6 Å². The number of ether oxygens (including phenoxy) is 4. The lowest BCUT2D eigenvalue weighted by Crippen LogP contribution is -2.37. The van der Waals surface area contributed by atoms with Gasteiger partial charge < -0.3 is 56.5 Å². The van der Waals surface area contributed by atoms with Gasteiger partial charge in [0.05, 0.1) is 52.0 Å². The van der Waals surface area contributed by atoms with Crippen LogP contribution in [0.3, 0.4) is 0 Å². The maximum atomic E-state index is 12.3. The molecular formula is C41H65N10O10S+. The zero-order valence-electron chi connectivity index (χ0n) is 36.0. The summed E-state index contributed by atoms with van der Waals surface area (Å²) in [5.74, 6) is 7.22. The van der Waals surface area contributed by atoms with Crippen LogP contribution >= 0.6 is 0 Å². The highest BCUT2D eigenvalue weighted by Crippen LogP contribution is 2.16. The topological polar surface area (TPSA) is 293 Å². The molecule has 0 aliphatic rings. The number of imidazole rings is 1. The van der Waals surface area contributed by atoms with Crippen LogP contribution in [0.1, 0.15) is 68.3 Å². The van der Waals surface area contributed by atoms with Gasteiger partial charge in [0.25, 0.3) is 5.91 Å². The van der Waals surface area contributed by atoms with Crippen LogP contribution in [-0.2, 0) is 39.4 Å². The summed E-state index contributed by atoms with van der Waals surface area (Å²) in [6.45, 7) is 8.13. The van der Waals surface area contributed by atoms with Gasteiger partial charge >= 0.3 is 5.97 Å². The molecule has 3 rings (SSSR count). The zero-order chi connectivity index (χ0) is 45.4. The van der Waals surface area contributed by atoms with Gasteiger partial charge in [-0.3, -0.25) is 14.4 Å². The second-order valence-corrected chi connectivity index (χ2v) is 15.9. The highest BCUT2D eigenvalue weighted by molar-refractivity contribution is 7.97. The minimum absolute atomic E-state index is 0.208. The molecule has 0 fully saturated rings. The van der Waals surface area contributed by atoms with E-state index in [4.69, 9.17) is 35.5 Å². The first-order valence-corrected chi connectivity index (χ1v) is 22.3. The molecule has 2 amide bonds. The summed E-state index contributed by atoms with van der Waals surface area (Å²) < 4.78 is 22.3. The van der Waals surface area contributed by atoms with Crippen LogP contribution in [0.25, 0.3) is 11.2 Å². The quantitative estimate of drug-likeness (QED) is 0.0116. The molecule has 344 valence electrons. The number of carboxylic acid groups (broad SMARTS) is 1. The molecule has 0 aliphatic heterocycles. The Morgan fingerprint density at radius 3 is 2.37 bits per heavy atom. The van der Waals surface area contributed by atoms with Crippen molar-refractivity contribution in [2.24, 2.45) is 16.6 Å². The number of methoxy groups -OCH3 is 1. The number of anilines is 1. The molecule has 3 unspecified atom stereocenters. The summed E-state index contributed by atoms with van der Waals surface area (Å²) in [6.07, 6.45) is 6.87. The lowest BCUT2D eigenvalue weighted by molar-refractivity contribution is -0.138. The second kappa shape index (κ2) is 32.7. The van der Waals surface area contributed by atoms with Crippen molar-refractivity contribution in [2.75, 3.05) is 89.0 Å². The Morgan fingerprint density at radius 2 is 1.71 bits per heavy atom. The number of hydrazone groups is 1. The maximum absolute atomic E-state index is 12.3. The van der Waals surface area contributed by atoms with Gasteiger partial charge in [0.1, 0.15) is 36.3 Å². The van der Waals surface area contributed by atoms with Crippen LogP contribution in [0.5, 0.6) is 0 Å². The lowest BCUT2D eigenvalue weighted by atomic mass is 10.1. The van der Waals surface area contributed by atoms with Crippen LogP contribution < -0.4 is 27.5 Å². The van der Waals surface area contributed by atoms with Crippen molar-refractivity contribution >= 4 is 51.9 Å². The molecule has 2 heterocycles. The summed E-state index contributed by atoms with van der Waals surface area (Å²) in [6, 6.07) is 5.90. The largest absolute Gasteiger partial charge is 0.480 e. The Balaban J connectivity index is 0.000000786. The van der Waals surface area contributed by atoms with Crippen molar-refractivity contribution < 1.29 is 48.8 Å². The maximum Gasteiger partial charge on any atom is 0.320 e. The van der Waals surface area contributed by atoms with Crippen molar-refractivity contribution in [3.05, 3.63) is 48.0 Å². The van der Waals surface area contributed by atoms with E-state index >= 15 is 0 Å². The van der Waals surface area contributed by atoms with Crippen LogP contribution in [0.4, 0.5) is 5.82 Å².